The normalized spacial score (nSPS) is 12.6. The van der Waals surface area contributed by atoms with E-state index in [1.807, 2.05) is 23.7 Å². The van der Waals surface area contributed by atoms with Crippen LogP contribution in [0.5, 0.6) is 0 Å². The van der Waals surface area contributed by atoms with Crippen molar-refractivity contribution in [1.82, 2.24) is 19.7 Å². The highest BCUT2D eigenvalue weighted by atomic mass is 32.2. The number of anilines is 1. The Labute approximate surface area is 175 Å². The zero-order valence-electron chi connectivity index (χ0n) is 16.0. The van der Waals surface area contributed by atoms with Crippen LogP contribution in [-0.4, -0.2) is 44.5 Å². The number of fused-ring (bicyclic) bond motifs is 1. The highest BCUT2D eigenvalue weighted by Crippen LogP contribution is 2.39. The van der Waals surface area contributed by atoms with Crippen LogP contribution in [0.25, 0.3) is 11.4 Å². The number of amides is 1. The average molecular weight is 430 g/mol. The fraction of sp³-hybridized carbons (Fsp3) is 0.316. The molecule has 0 spiro atoms. The smallest absolute Gasteiger partial charge is 0.341 e. The molecule has 8 nitrogen and oxygen atoms in total. The zero-order chi connectivity index (χ0) is 20.4. The molecule has 10 heteroatoms. The van der Waals surface area contributed by atoms with E-state index in [4.69, 9.17) is 4.74 Å². The van der Waals surface area contributed by atoms with E-state index in [-0.39, 0.29) is 11.7 Å². The van der Waals surface area contributed by atoms with Crippen LogP contribution in [0.2, 0.25) is 0 Å². The van der Waals surface area contributed by atoms with Crippen LogP contribution in [-0.2, 0) is 29.4 Å². The van der Waals surface area contributed by atoms with Crippen molar-refractivity contribution in [3.8, 4) is 11.4 Å². The number of rotatable bonds is 6. The van der Waals surface area contributed by atoms with Gasteiger partial charge in [-0.2, -0.15) is 0 Å². The van der Waals surface area contributed by atoms with Crippen molar-refractivity contribution in [1.29, 1.82) is 0 Å². The quantitative estimate of drug-likeness (QED) is 0.475. The van der Waals surface area contributed by atoms with Crippen molar-refractivity contribution in [3.63, 3.8) is 0 Å². The predicted octanol–water partition coefficient (Wildman–Crippen LogP) is 2.94. The van der Waals surface area contributed by atoms with Crippen LogP contribution in [0, 0.1) is 0 Å². The molecular formula is C19H19N5O3S2. The largest absolute Gasteiger partial charge is 0.465 e. The molecule has 1 amide bonds. The number of nitrogens with one attached hydrogen (secondary N) is 1. The number of methoxy groups -OCH3 is 1. The lowest BCUT2D eigenvalue weighted by Crippen LogP contribution is -2.16. The lowest BCUT2D eigenvalue weighted by atomic mass is 10.1. The molecule has 29 heavy (non-hydrogen) atoms. The first-order chi connectivity index (χ1) is 14.1. The van der Waals surface area contributed by atoms with E-state index in [0.717, 1.165) is 35.3 Å². The van der Waals surface area contributed by atoms with Crippen LogP contribution in [0.15, 0.2) is 29.7 Å². The summed E-state index contributed by atoms with van der Waals surface area (Å²) in [6.45, 7) is 0. The van der Waals surface area contributed by atoms with E-state index in [1.54, 1.807) is 12.4 Å². The van der Waals surface area contributed by atoms with E-state index in [0.29, 0.717) is 21.5 Å². The van der Waals surface area contributed by atoms with Crippen LogP contribution < -0.4 is 5.32 Å². The SMILES string of the molecule is COC(=O)c1c(NC(=O)CSc2nnc(-c3ccncc3)n2C)sc2c1CCC2. The summed E-state index contributed by atoms with van der Waals surface area (Å²) in [5, 5.41) is 12.5. The van der Waals surface area contributed by atoms with Gasteiger partial charge in [0.1, 0.15) is 5.00 Å². The molecule has 0 aliphatic heterocycles. The molecule has 0 unspecified atom stereocenters. The summed E-state index contributed by atoms with van der Waals surface area (Å²) in [5.74, 6) is 0.264. The van der Waals surface area contributed by atoms with Gasteiger partial charge in [0.25, 0.3) is 0 Å². The van der Waals surface area contributed by atoms with Gasteiger partial charge in [0.05, 0.1) is 18.4 Å². The average Bonchev–Trinajstić information content (AvgIpc) is 3.41. The lowest BCUT2D eigenvalue weighted by Gasteiger charge is -2.07. The van der Waals surface area contributed by atoms with Crippen molar-refractivity contribution in [3.05, 3.63) is 40.5 Å². The second-order valence-electron chi connectivity index (χ2n) is 6.49. The molecule has 1 N–H and O–H groups in total. The third-order valence-corrected chi connectivity index (χ3v) is 6.90. The first-order valence-electron chi connectivity index (χ1n) is 9.03. The number of thiophene rings is 1. The number of carbonyl (C=O) groups is 2. The molecule has 1 aliphatic carbocycles. The Kier molecular flexibility index (Phi) is 5.63. The van der Waals surface area contributed by atoms with Gasteiger partial charge in [0.2, 0.25) is 5.91 Å². The molecule has 4 rings (SSSR count). The van der Waals surface area contributed by atoms with E-state index in [1.165, 1.54) is 30.2 Å². The molecule has 0 radical (unpaired) electrons. The van der Waals surface area contributed by atoms with E-state index in [2.05, 4.69) is 20.5 Å². The highest BCUT2D eigenvalue weighted by Gasteiger charge is 2.28. The number of ether oxygens (including phenoxy) is 1. The fourth-order valence-electron chi connectivity index (χ4n) is 3.30. The van der Waals surface area contributed by atoms with Crippen LogP contribution >= 0.6 is 23.1 Å². The number of nitrogens with zero attached hydrogens (tertiary/aromatic N) is 4. The maximum Gasteiger partial charge on any atom is 0.341 e. The Morgan fingerprint density at radius 1 is 1.28 bits per heavy atom. The number of esters is 1. The Balaban J connectivity index is 1.44. The Hall–Kier alpha value is -2.72. The van der Waals surface area contributed by atoms with Crippen molar-refractivity contribution in [2.24, 2.45) is 7.05 Å². The first kappa shape index (κ1) is 19.6. The summed E-state index contributed by atoms with van der Waals surface area (Å²) < 4.78 is 6.76. The van der Waals surface area contributed by atoms with Crippen molar-refractivity contribution >= 4 is 40.0 Å². The summed E-state index contributed by atoms with van der Waals surface area (Å²) >= 11 is 2.76. The molecule has 3 heterocycles. The van der Waals surface area contributed by atoms with Gasteiger partial charge in [-0.3, -0.25) is 9.78 Å². The number of aryl methyl sites for hydroxylation is 1. The number of thioether (sulfide) groups is 1. The standard InChI is InChI=1S/C19H19N5O3S2/c1-24-16(11-6-8-20-9-7-11)22-23-19(24)28-10-14(25)21-17-15(18(26)27-2)12-4-3-5-13(12)29-17/h6-9H,3-5,10H2,1-2H3,(H,21,25). The lowest BCUT2D eigenvalue weighted by molar-refractivity contribution is -0.113. The van der Waals surface area contributed by atoms with E-state index < -0.39 is 5.97 Å². The van der Waals surface area contributed by atoms with Crippen molar-refractivity contribution in [2.75, 3.05) is 18.2 Å². The maximum atomic E-state index is 12.5. The molecule has 1 aliphatic rings. The number of hydrogen-bond acceptors (Lipinski definition) is 8. The highest BCUT2D eigenvalue weighted by molar-refractivity contribution is 7.99. The predicted molar refractivity (Wildman–Crippen MR) is 111 cm³/mol. The minimum Gasteiger partial charge on any atom is -0.465 e. The van der Waals surface area contributed by atoms with Crippen molar-refractivity contribution in [2.45, 2.75) is 24.4 Å². The van der Waals surface area contributed by atoms with Gasteiger partial charge < -0.3 is 14.6 Å². The minimum atomic E-state index is -0.400. The summed E-state index contributed by atoms with van der Waals surface area (Å²) in [4.78, 5) is 29.9. The van der Waals surface area contributed by atoms with Crippen molar-refractivity contribution < 1.29 is 14.3 Å². The minimum absolute atomic E-state index is 0.158. The topological polar surface area (TPSA) is 99.0 Å². The maximum absolute atomic E-state index is 12.5. The van der Waals surface area contributed by atoms with Gasteiger partial charge in [0.15, 0.2) is 11.0 Å². The molecule has 0 atom stereocenters. The molecule has 0 fully saturated rings. The first-order valence-corrected chi connectivity index (χ1v) is 10.8. The molecule has 3 aromatic heterocycles. The van der Waals surface area contributed by atoms with Crippen LogP contribution in [0.3, 0.4) is 0 Å². The summed E-state index contributed by atoms with van der Waals surface area (Å²) in [5.41, 5.74) is 2.42. The molecule has 0 saturated heterocycles. The molecule has 0 saturated carbocycles. The van der Waals surface area contributed by atoms with E-state index >= 15 is 0 Å². The second kappa shape index (κ2) is 8.34. The third-order valence-electron chi connectivity index (χ3n) is 4.67. The van der Waals surface area contributed by atoms with Crippen LogP contribution in [0.4, 0.5) is 5.00 Å². The molecule has 3 aromatic rings. The Morgan fingerprint density at radius 3 is 2.83 bits per heavy atom. The number of pyridine rings is 1. The van der Waals surface area contributed by atoms with Gasteiger partial charge in [0, 0.05) is 29.9 Å². The van der Waals surface area contributed by atoms with Gasteiger partial charge in [-0.05, 0) is 37.0 Å². The molecule has 0 aromatic carbocycles. The van der Waals surface area contributed by atoms with Gasteiger partial charge in [-0.25, -0.2) is 4.79 Å². The number of hydrogen-bond donors (Lipinski definition) is 1. The van der Waals surface area contributed by atoms with Crippen LogP contribution in [0.1, 0.15) is 27.2 Å². The van der Waals surface area contributed by atoms with Gasteiger partial charge in [-0.1, -0.05) is 11.8 Å². The van der Waals surface area contributed by atoms with Gasteiger partial charge >= 0.3 is 5.97 Å². The van der Waals surface area contributed by atoms with E-state index in [9.17, 15) is 9.59 Å². The summed E-state index contributed by atoms with van der Waals surface area (Å²) in [6, 6.07) is 3.71. The Morgan fingerprint density at radius 2 is 2.07 bits per heavy atom. The zero-order valence-corrected chi connectivity index (χ0v) is 17.6. The van der Waals surface area contributed by atoms with Gasteiger partial charge in [-0.15, -0.1) is 21.5 Å². The number of carbonyl (C=O) groups excluding carboxylic acids is 2. The summed E-state index contributed by atoms with van der Waals surface area (Å²) in [7, 11) is 3.21. The molecular weight excluding hydrogens is 410 g/mol. The monoisotopic (exact) mass is 429 g/mol. The molecule has 0 bridgehead atoms. The number of aromatic nitrogens is 4. The summed E-state index contributed by atoms with van der Waals surface area (Å²) in [6.07, 6.45) is 6.20. The second-order valence-corrected chi connectivity index (χ2v) is 8.54. The third kappa shape index (κ3) is 3.90. The molecule has 150 valence electrons. The fourth-order valence-corrected chi connectivity index (χ4v) is 5.30. The Bertz CT molecular complexity index is 1060.